The van der Waals surface area contributed by atoms with Crippen LogP contribution in [0.25, 0.3) is 0 Å². The molecule has 2 fully saturated rings. The summed E-state index contributed by atoms with van der Waals surface area (Å²) in [7, 11) is 0. The second-order valence-corrected chi connectivity index (χ2v) is 5.40. The Morgan fingerprint density at radius 3 is 2.20 bits per heavy atom. The van der Waals surface area contributed by atoms with Crippen LogP contribution in [0.2, 0.25) is 0 Å². The van der Waals surface area contributed by atoms with Crippen LogP contribution in [0.4, 0.5) is 5.69 Å². The van der Waals surface area contributed by atoms with E-state index in [1.54, 1.807) is 0 Å². The Morgan fingerprint density at radius 1 is 0.950 bits per heavy atom. The molecule has 0 amide bonds. The lowest BCUT2D eigenvalue weighted by atomic mass is 9.91. The monoisotopic (exact) mass is 275 g/mol. The highest BCUT2D eigenvalue weighted by Gasteiger charge is 2.22. The fourth-order valence-electron chi connectivity index (χ4n) is 2.85. The molecule has 2 saturated heterocycles. The average molecular weight is 275 g/mol. The van der Waals surface area contributed by atoms with E-state index in [1.165, 1.54) is 5.69 Å². The maximum atomic E-state index is 12.4. The fourth-order valence-corrected chi connectivity index (χ4v) is 2.85. The van der Waals surface area contributed by atoms with Crippen molar-refractivity contribution in [2.24, 2.45) is 5.92 Å². The Labute approximate surface area is 119 Å². The van der Waals surface area contributed by atoms with E-state index in [2.05, 4.69) is 17.0 Å². The molecule has 1 aromatic carbocycles. The van der Waals surface area contributed by atoms with Gasteiger partial charge >= 0.3 is 0 Å². The molecule has 0 saturated carbocycles. The predicted octanol–water partition coefficient (Wildman–Crippen LogP) is 2.13. The molecule has 2 aliphatic heterocycles. The molecule has 0 radical (unpaired) electrons. The third kappa shape index (κ3) is 3.02. The van der Waals surface area contributed by atoms with Crippen LogP contribution in [-0.4, -0.2) is 45.3 Å². The van der Waals surface area contributed by atoms with Crippen LogP contribution in [-0.2, 0) is 9.47 Å². The van der Waals surface area contributed by atoms with Gasteiger partial charge < -0.3 is 14.4 Å². The van der Waals surface area contributed by atoms with Crippen LogP contribution in [0.5, 0.6) is 0 Å². The smallest absolute Gasteiger partial charge is 0.166 e. The van der Waals surface area contributed by atoms with Crippen LogP contribution in [0.15, 0.2) is 24.3 Å². The van der Waals surface area contributed by atoms with E-state index in [0.717, 1.165) is 44.7 Å². The number of morpholine rings is 1. The minimum atomic E-state index is 0.137. The molecular weight excluding hydrogens is 254 g/mol. The molecular formula is C16H21NO3. The van der Waals surface area contributed by atoms with E-state index < -0.39 is 0 Å². The summed E-state index contributed by atoms with van der Waals surface area (Å²) in [5, 5.41) is 0. The highest BCUT2D eigenvalue weighted by atomic mass is 16.5. The topological polar surface area (TPSA) is 38.8 Å². The summed E-state index contributed by atoms with van der Waals surface area (Å²) in [5.41, 5.74) is 2.01. The number of rotatable bonds is 3. The predicted molar refractivity (Wildman–Crippen MR) is 77.3 cm³/mol. The first-order valence-corrected chi connectivity index (χ1v) is 7.39. The molecule has 0 aromatic heterocycles. The number of ketones is 1. The first-order chi connectivity index (χ1) is 9.84. The van der Waals surface area contributed by atoms with Crippen molar-refractivity contribution in [3.63, 3.8) is 0 Å². The van der Waals surface area contributed by atoms with Crippen molar-refractivity contribution in [2.75, 3.05) is 44.4 Å². The molecule has 2 aliphatic rings. The van der Waals surface area contributed by atoms with Gasteiger partial charge in [0.25, 0.3) is 0 Å². The lowest BCUT2D eigenvalue weighted by Gasteiger charge is -2.29. The van der Waals surface area contributed by atoms with Crippen molar-refractivity contribution in [2.45, 2.75) is 12.8 Å². The van der Waals surface area contributed by atoms with Crippen molar-refractivity contribution in [3.05, 3.63) is 29.8 Å². The Morgan fingerprint density at radius 2 is 1.55 bits per heavy atom. The van der Waals surface area contributed by atoms with Crippen LogP contribution in [0, 0.1) is 5.92 Å². The zero-order valence-corrected chi connectivity index (χ0v) is 11.7. The normalized spacial score (nSPS) is 20.9. The van der Waals surface area contributed by atoms with Gasteiger partial charge in [0.1, 0.15) is 0 Å². The van der Waals surface area contributed by atoms with Crippen molar-refractivity contribution in [1.82, 2.24) is 0 Å². The number of hydrogen-bond acceptors (Lipinski definition) is 4. The Kier molecular flexibility index (Phi) is 4.33. The highest BCUT2D eigenvalue weighted by Crippen LogP contribution is 2.22. The summed E-state index contributed by atoms with van der Waals surface area (Å²) in [6.07, 6.45) is 1.70. The molecule has 0 atom stereocenters. The zero-order valence-electron chi connectivity index (χ0n) is 11.7. The summed E-state index contributed by atoms with van der Waals surface area (Å²) in [6.45, 7) is 4.83. The molecule has 3 rings (SSSR count). The van der Waals surface area contributed by atoms with Crippen LogP contribution in [0.3, 0.4) is 0 Å². The van der Waals surface area contributed by atoms with Gasteiger partial charge in [-0.25, -0.2) is 0 Å². The Bertz CT molecular complexity index is 445. The minimum absolute atomic E-state index is 0.137. The summed E-state index contributed by atoms with van der Waals surface area (Å²) in [6, 6.07) is 8.03. The number of benzene rings is 1. The maximum absolute atomic E-state index is 12.4. The highest BCUT2D eigenvalue weighted by molar-refractivity contribution is 5.98. The van der Waals surface area contributed by atoms with Crippen LogP contribution >= 0.6 is 0 Å². The number of carbonyl (C=O) groups is 1. The summed E-state index contributed by atoms with van der Waals surface area (Å²) in [4.78, 5) is 14.7. The molecule has 20 heavy (non-hydrogen) atoms. The number of carbonyl (C=O) groups excluding carboxylic acids is 1. The van der Waals surface area contributed by atoms with Gasteiger partial charge in [-0.3, -0.25) is 4.79 Å². The molecule has 4 heteroatoms. The van der Waals surface area contributed by atoms with E-state index in [1.807, 2.05) is 12.1 Å². The average Bonchev–Trinajstić information content (AvgIpc) is 2.56. The lowest BCUT2D eigenvalue weighted by Crippen LogP contribution is -2.36. The van der Waals surface area contributed by atoms with E-state index >= 15 is 0 Å². The van der Waals surface area contributed by atoms with Gasteiger partial charge in [0.2, 0.25) is 0 Å². The number of nitrogens with zero attached hydrogens (tertiary/aromatic N) is 1. The zero-order chi connectivity index (χ0) is 13.8. The first kappa shape index (κ1) is 13.6. The lowest BCUT2D eigenvalue weighted by molar-refractivity contribution is 0.0545. The van der Waals surface area contributed by atoms with Gasteiger partial charge in [-0.15, -0.1) is 0 Å². The molecule has 0 spiro atoms. The number of ether oxygens (including phenoxy) is 2. The summed E-state index contributed by atoms with van der Waals surface area (Å²) < 4.78 is 10.7. The number of anilines is 1. The van der Waals surface area contributed by atoms with Gasteiger partial charge in [-0.1, -0.05) is 0 Å². The van der Waals surface area contributed by atoms with Crippen molar-refractivity contribution < 1.29 is 14.3 Å². The van der Waals surface area contributed by atoms with Gasteiger partial charge in [-0.05, 0) is 37.1 Å². The molecule has 2 heterocycles. The molecule has 4 nitrogen and oxygen atoms in total. The molecule has 1 aromatic rings. The van der Waals surface area contributed by atoms with Crippen LogP contribution < -0.4 is 4.90 Å². The number of hydrogen-bond donors (Lipinski definition) is 0. The quantitative estimate of drug-likeness (QED) is 0.792. The van der Waals surface area contributed by atoms with Gasteiger partial charge in [0, 0.05) is 43.5 Å². The summed E-state index contributed by atoms with van der Waals surface area (Å²) in [5.74, 6) is 0.403. The third-order valence-corrected chi connectivity index (χ3v) is 4.12. The Hall–Kier alpha value is -1.39. The molecule has 0 bridgehead atoms. The standard InChI is InChI=1S/C16H21NO3/c18-16(14-5-9-19-10-6-14)13-1-3-15(4-2-13)17-7-11-20-12-8-17/h1-4,14H,5-12H2. The SMILES string of the molecule is O=C(c1ccc(N2CCOCC2)cc1)C1CCOCC1. The second-order valence-electron chi connectivity index (χ2n) is 5.40. The summed E-state index contributed by atoms with van der Waals surface area (Å²) >= 11 is 0. The first-order valence-electron chi connectivity index (χ1n) is 7.39. The van der Waals surface area contributed by atoms with E-state index in [4.69, 9.17) is 9.47 Å². The Balaban J connectivity index is 1.67. The number of Topliss-reactive ketones (excluding diaryl/α,β-unsaturated/α-hetero) is 1. The van der Waals surface area contributed by atoms with Crippen LogP contribution in [0.1, 0.15) is 23.2 Å². The van der Waals surface area contributed by atoms with Crippen molar-refractivity contribution >= 4 is 11.5 Å². The van der Waals surface area contributed by atoms with E-state index in [9.17, 15) is 4.79 Å². The largest absolute Gasteiger partial charge is 0.381 e. The second kappa shape index (κ2) is 6.37. The fraction of sp³-hybridized carbons (Fsp3) is 0.562. The van der Waals surface area contributed by atoms with Gasteiger partial charge in [-0.2, -0.15) is 0 Å². The van der Waals surface area contributed by atoms with E-state index in [-0.39, 0.29) is 11.7 Å². The minimum Gasteiger partial charge on any atom is -0.381 e. The van der Waals surface area contributed by atoms with E-state index in [0.29, 0.717) is 13.2 Å². The molecule has 108 valence electrons. The maximum Gasteiger partial charge on any atom is 0.166 e. The molecule has 0 unspecified atom stereocenters. The van der Waals surface area contributed by atoms with Gasteiger partial charge in [0.05, 0.1) is 13.2 Å². The van der Waals surface area contributed by atoms with Gasteiger partial charge in [0.15, 0.2) is 5.78 Å². The van der Waals surface area contributed by atoms with Crippen molar-refractivity contribution in [1.29, 1.82) is 0 Å². The molecule has 0 N–H and O–H groups in total. The van der Waals surface area contributed by atoms with Crippen molar-refractivity contribution in [3.8, 4) is 0 Å². The molecule has 0 aliphatic carbocycles. The third-order valence-electron chi connectivity index (χ3n) is 4.12.